The quantitative estimate of drug-likeness (QED) is 0.885. The summed E-state index contributed by atoms with van der Waals surface area (Å²) in [6.07, 6.45) is 0. The van der Waals surface area contributed by atoms with E-state index in [1.807, 2.05) is 6.07 Å². The minimum absolute atomic E-state index is 0.398. The van der Waals surface area contributed by atoms with Gasteiger partial charge in [0.05, 0.1) is 0 Å². The fourth-order valence-electron chi connectivity index (χ4n) is 1.84. The van der Waals surface area contributed by atoms with Gasteiger partial charge in [-0.15, -0.1) is 0 Å². The molecule has 0 saturated carbocycles. The zero-order valence-corrected chi connectivity index (χ0v) is 10.4. The van der Waals surface area contributed by atoms with Crippen LogP contribution in [0.25, 0.3) is 0 Å². The van der Waals surface area contributed by atoms with E-state index in [2.05, 4.69) is 5.32 Å². The van der Waals surface area contributed by atoms with Gasteiger partial charge in [0.25, 0.3) is 0 Å². The third-order valence-corrected chi connectivity index (χ3v) is 2.88. The van der Waals surface area contributed by atoms with Gasteiger partial charge in [0.1, 0.15) is 5.82 Å². The van der Waals surface area contributed by atoms with Crippen LogP contribution >= 0.6 is 0 Å². The van der Waals surface area contributed by atoms with Gasteiger partial charge >= 0.3 is 5.97 Å². The minimum atomic E-state index is -1.00. The molecule has 0 aliphatic heterocycles. The maximum atomic E-state index is 13.2. The highest BCUT2D eigenvalue weighted by molar-refractivity contribution is 5.79. The second-order valence-electron chi connectivity index (χ2n) is 4.29. The number of carboxylic acid groups (broad SMARTS) is 1. The van der Waals surface area contributed by atoms with Gasteiger partial charge in [0.15, 0.2) is 6.04 Å². The van der Waals surface area contributed by atoms with Crippen molar-refractivity contribution in [1.29, 1.82) is 0 Å². The molecule has 2 aromatic rings. The number of carboxylic acids is 1. The molecule has 98 valence electrons. The second-order valence-corrected chi connectivity index (χ2v) is 4.29. The van der Waals surface area contributed by atoms with Gasteiger partial charge in [0.2, 0.25) is 0 Å². The van der Waals surface area contributed by atoms with Crippen LogP contribution in [0.2, 0.25) is 0 Å². The van der Waals surface area contributed by atoms with Crippen LogP contribution in [0.4, 0.5) is 10.1 Å². The highest BCUT2D eigenvalue weighted by Gasteiger charge is 2.20. The van der Waals surface area contributed by atoms with Gasteiger partial charge in [-0.2, -0.15) is 0 Å². The van der Waals surface area contributed by atoms with Crippen LogP contribution in [0.5, 0.6) is 0 Å². The van der Waals surface area contributed by atoms with E-state index in [1.165, 1.54) is 12.1 Å². The second kappa shape index (κ2) is 5.52. The number of anilines is 1. The van der Waals surface area contributed by atoms with E-state index in [0.29, 0.717) is 11.3 Å². The number of rotatable bonds is 4. The Bertz CT molecular complexity index is 584. The van der Waals surface area contributed by atoms with Gasteiger partial charge in [-0.05, 0) is 30.2 Å². The third-order valence-electron chi connectivity index (χ3n) is 2.88. The van der Waals surface area contributed by atoms with Crippen molar-refractivity contribution in [3.05, 3.63) is 65.5 Å². The number of nitrogens with one attached hydrogen (secondary N) is 1. The Balaban J connectivity index is 2.32. The SMILES string of the molecule is Cc1ccc(F)cc1NC(C(=O)O)c1ccccc1. The molecular formula is C15H14FNO2. The Morgan fingerprint density at radius 2 is 1.89 bits per heavy atom. The Hall–Kier alpha value is -2.36. The molecule has 0 radical (unpaired) electrons. The molecule has 0 aliphatic rings. The number of aliphatic carboxylic acids is 1. The summed E-state index contributed by atoms with van der Waals surface area (Å²) in [7, 11) is 0. The van der Waals surface area contributed by atoms with E-state index >= 15 is 0 Å². The zero-order valence-electron chi connectivity index (χ0n) is 10.4. The number of halogens is 1. The van der Waals surface area contributed by atoms with Gasteiger partial charge in [0, 0.05) is 5.69 Å². The summed E-state index contributed by atoms with van der Waals surface area (Å²) in [6, 6.07) is 12.2. The predicted molar refractivity (Wildman–Crippen MR) is 71.6 cm³/mol. The molecule has 3 nitrogen and oxygen atoms in total. The van der Waals surface area contributed by atoms with Crippen molar-refractivity contribution < 1.29 is 14.3 Å². The highest BCUT2D eigenvalue weighted by Crippen LogP contribution is 2.23. The fourth-order valence-corrected chi connectivity index (χ4v) is 1.84. The number of aryl methyl sites for hydroxylation is 1. The standard InChI is InChI=1S/C15H14FNO2/c1-10-7-8-12(16)9-13(10)17-14(15(18)19)11-5-3-2-4-6-11/h2-9,14,17H,1H3,(H,18,19). The van der Waals surface area contributed by atoms with Crippen molar-refractivity contribution in [2.75, 3.05) is 5.32 Å². The lowest BCUT2D eigenvalue weighted by Crippen LogP contribution is -2.20. The van der Waals surface area contributed by atoms with Gasteiger partial charge in [-0.25, -0.2) is 9.18 Å². The molecule has 19 heavy (non-hydrogen) atoms. The van der Waals surface area contributed by atoms with E-state index in [9.17, 15) is 14.3 Å². The molecule has 2 rings (SSSR count). The lowest BCUT2D eigenvalue weighted by atomic mass is 10.1. The molecule has 0 heterocycles. The fraction of sp³-hybridized carbons (Fsp3) is 0.133. The van der Waals surface area contributed by atoms with E-state index < -0.39 is 17.8 Å². The van der Waals surface area contributed by atoms with Gasteiger partial charge < -0.3 is 10.4 Å². The zero-order chi connectivity index (χ0) is 13.8. The minimum Gasteiger partial charge on any atom is -0.479 e. The topological polar surface area (TPSA) is 49.3 Å². The molecule has 2 aromatic carbocycles. The lowest BCUT2D eigenvalue weighted by molar-refractivity contribution is -0.138. The molecule has 0 spiro atoms. The average Bonchev–Trinajstić information content (AvgIpc) is 2.40. The smallest absolute Gasteiger partial charge is 0.330 e. The van der Waals surface area contributed by atoms with E-state index in [1.54, 1.807) is 37.3 Å². The summed E-state index contributed by atoms with van der Waals surface area (Å²) in [4.78, 5) is 11.3. The van der Waals surface area contributed by atoms with Crippen LogP contribution in [0, 0.1) is 12.7 Å². The number of carbonyl (C=O) groups is 1. The normalized spacial score (nSPS) is 11.9. The summed E-state index contributed by atoms with van der Waals surface area (Å²) >= 11 is 0. The Kier molecular flexibility index (Phi) is 3.80. The first kappa shape index (κ1) is 13.1. The molecule has 1 atom stereocenters. The summed E-state index contributed by atoms with van der Waals surface area (Å²) in [6.45, 7) is 1.80. The van der Waals surface area contributed by atoms with Gasteiger partial charge in [-0.1, -0.05) is 36.4 Å². The first-order valence-corrected chi connectivity index (χ1v) is 5.88. The predicted octanol–water partition coefficient (Wildman–Crippen LogP) is 3.37. The van der Waals surface area contributed by atoms with Crippen molar-refractivity contribution in [3.63, 3.8) is 0 Å². The highest BCUT2D eigenvalue weighted by atomic mass is 19.1. The van der Waals surface area contributed by atoms with Crippen LogP contribution in [-0.4, -0.2) is 11.1 Å². The van der Waals surface area contributed by atoms with E-state index in [-0.39, 0.29) is 0 Å². The molecule has 0 aromatic heterocycles. The maximum absolute atomic E-state index is 13.2. The van der Waals surface area contributed by atoms with Crippen LogP contribution < -0.4 is 5.32 Å². The largest absolute Gasteiger partial charge is 0.479 e. The lowest BCUT2D eigenvalue weighted by Gasteiger charge is -2.17. The summed E-state index contributed by atoms with van der Waals surface area (Å²) in [5, 5.41) is 12.2. The average molecular weight is 259 g/mol. The van der Waals surface area contributed by atoms with Crippen molar-refractivity contribution in [1.82, 2.24) is 0 Å². The number of hydrogen-bond donors (Lipinski definition) is 2. The van der Waals surface area contributed by atoms with Gasteiger partial charge in [-0.3, -0.25) is 0 Å². The Morgan fingerprint density at radius 1 is 1.21 bits per heavy atom. The molecule has 0 bridgehead atoms. The molecule has 1 unspecified atom stereocenters. The summed E-state index contributed by atoms with van der Waals surface area (Å²) in [5.41, 5.74) is 1.90. The molecule has 0 amide bonds. The molecule has 0 fully saturated rings. The summed E-state index contributed by atoms with van der Waals surface area (Å²) < 4.78 is 13.2. The third kappa shape index (κ3) is 3.10. The van der Waals surface area contributed by atoms with E-state index in [4.69, 9.17) is 0 Å². The Labute approximate surface area is 110 Å². The van der Waals surface area contributed by atoms with Crippen LogP contribution in [0.3, 0.4) is 0 Å². The first-order valence-electron chi connectivity index (χ1n) is 5.88. The molecule has 0 saturated heterocycles. The Morgan fingerprint density at radius 3 is 2.53 bits per heavy atom. The molecule has 0 aliphatic carbocycles. The maximum Gasteiger partial charge on any atom is 0.330 e. The molecule has 4 heteroatoms. The van der Waals surface area contributed by atoms with E-state index in [0.717, 1.165) is 5.56 Å². The monoisotopic (exact) mass is 259 g/mol. The molecule has 2 N–H and O–H groups in total. The first-order chi connectivity index (χ1) is 9.08. The number of benzene rings is 2. The van der Waals surface area contributed by atoms with Crippen molar-refractivity contribution in [2.45, 2.75) is 13.0 Å². The van der Waals surface area contributed by atoms with Crippen LogP contribution in [-0.2, 0) is 4.79 Å². The van der Waals surface area contributed by atoms with Crippen LogP contribution in [0.1, 0.15) is 17.2 Å². The number of hydrogen-bond acceptors (Lipinski definition) is 2. The van der Waals surface area contributed by atoms with Crippen molar-refractivity contribution in [3.8, 4) is 0 Å². The van der Waals surface area contributed by atoms with Crippen molar-refractivity contribution >= 4 is 11.7 Å². The van der Waals surface area contributed by atoms with Crippen LogP contribution in [0.15, 0.2) is 48.5 Å². The van der Waals surface area contributed by atoms with Crippen molar-refractivity contribution in [2.24, 2.45) is 0 Å². The molecular weight excluding hydrogens is 245 g/mol. The summed E-state index contributed by atoms with van der Waals surface area (Å²) in [5.74, 6) is -1.40.